The number of nitrogens with one attached hydrogen (secondary N) is 2. The number of H-pyrrole nitrogens is 1. The Labute approximate surface area is 223 Å². The first-order valence-corrected chi connectivity index (χ1v) is 12.7. The molecule has 0 aliphatic heterocycles. The van der Waals surface area contributed by atoms with E-state index in [4.69, 9.17) is 13.9 Å². The number of hydrogen-bond acceptors (Lipinski definition) is 7. The minimum Gasteiger partial charge on any atom is -0.497 e. The number of carbonyl (C=O) groups is 1. The van der Waals surface area contributed by atoms with Gasteiger partial charge in [-0.2, -0.15) is 5.26 Å². The van der Waals surface area contributed by atoms with Gasteiger partial charge in [-0.05, 0) is 66.6 Å². The lowest BCUT2D eigenvalue weighted by Crippen LogP contribution is -2.14. The topological polar surface area (TPSA) is 113 Å². The van der Waals surface area contributed by atoms with Gasteiger partial charge in [0.05, 0.1) is 31.0 Å². The second-order valence-corrected chi connectivity index (χ2v) is 9.44. The van der Waals surface area contributed by atoms with Crippen LogP contribution < -0.4 is 14.8 Å². The molecule has 2 N–H and O–H groups in total. The zero-order chi connectivity index (χ0) is 26.6. The quantitative estimate of drug-likeness (QED) is 0.225. The van der Waals surface area contributed by atoms with E-state index in [0.29, 0.717) is 28.0 Å². The van der Waals surface area contributed by atoms with Gasteiger partial charge in [0, 0.05) is 11.1 Å². The highest BCUT2D eigenvalue weighted by Crippen LogP contribution is 2.42. The van der Waals surface area contributed by atoms with Crippen molar-refractivity contribution in [1.82, 2.24) is 9.97 Å². The maximum atomic E-state index is 12.9. The first kappa shape index (κ1) is 25.0. The van der Waals surface area contributed by atoms with E-state index < -0.39 is 0 Å². The van der Waals surface area contributed by atoms with Crippen LogP contribution in [0, 0.1) is 18.3 Å². The number of aromatic amines is 1. The molecule has 0 aliphatic carbocycles. The number of amides is 1. The average molecular weight is 525 g/mol. The van der Waals surface area contributed by atoms with Crippen molar-refractivity contribution in [2.75, 3.05) is 25.3 Å². The lowest BCUT2D eigenvalue weighted by Gasteiger charge is -2.06. The lowest BCUT2D eigenvalue weighted by atomic mass is 9.98. The smallest absolute Gasteiger partial charge is 0.237 e. The summed E-state index contributed by atoms with van der Waals surface area (Å²) in [4.78, 5) is 20.7. The number of methoxy groups -OCH3 is 2. The van der Waals surface area contributed by atoms with Gasteiger partial charge in [0.15, 0.2) is 5.16 Å². The largest absolute Gasteiger partial charge is 0.497 e. The molecule has 9 heteroatoms. The Bertz CT molecular complexity index is 1650. The summed E-state index contributed by atoms with van der Waals surface area (Å²) < 4.78 is 16.7. The molecule has 0 radical (unpaired) electrons. The summed E-state index contributed by atoms with van der Waals surface area (Å²) in [7, 11) is 3.19. The third-order valence-electron chi connectivity index (χ3n) is 5.96. The Kier molecular flexibility index (Phi) is 7.07. The van der Waals surface area contributed by atoms with Crippen LogP contribution in [-0.2, 0) is 4.79 Å². The zero-order valence-corrected chi connectivity index (χ0v) is 21.8. The van der Waals surface area contributed by atoms with Gasteiger partial charge in [0.1, 0.15) is 28.9 Å². The molecule has 190 valence electrons. The van der Waals surface area contributed by atoms with Crippen LogP contribution in [0.3, 0.4) is 0 Å². The van der Waals surface area contributed by atoms with Gasteiger partial charge in [-0.15, -0.1) is 0 Å². The molecule has 0 spiro atoms. The van der Waals surface area contributed by atoms with Gasteiger partial charge in [-0.1, -0.05) is 30.0 Å². The summed E-state index contributed by atoms with van der Waals surface area (Å²) in [5.41, 5.74) is 5.18. The van der Waals surface area contributed by atoms with E-state index in [1.54, 1.807) is 14.2 Å². The van der Waals surface area contributed by atoms with Crippen molar-refractivity contribution in [3.63, 3.8) is 0 Å². The van der Waals surface area contributed by atoms with E-state index in [1.807, 2.05) is 73.7 Å². The van der Waals surface area contributed by atoms with Gasteiger partial charge in [0.2, 0.25) is 11.8 Å². The van der Waals surface area contributed by atoms with E-state index in [2.05, 4.69) is 21.4 Å². The molecule has 5 aromatic rings. The molecule has 8 nitrogen and oxygen atoms in total. The number of imidazole rings is 1. The summed E-state index contributed by atoms with van der Waals surface area (Å²) in [5.74, 6) is 1.70. The standard InChI is InChI=1S/C29H24N4O4S/c1-17-4-13-23-24(14-17)32-29(31-23)38-16-25(34)33-28-22(15-30)26(18-5-9-20(35-2)10-6-18)27(37-28)19-7-11-21(36-3)12-8-19/h4-14H,16H2,1-3H3,(H,31,32)(H,33,34). The van der Waals surface area contributed by atoms with E-state index >= 15 is 0 Å². The second-order valence-electron chi connectivity index (χ2n) is 8.48. The number of anilines is 1. The molecule has 2 heterocycles. The fourth-order valence-electron chi connectivity index (χ4n) is 4.07. The summed E-state index contributed by atoms with van der Waals surface area (Å²) in [6.45, 7) is 2.01. The van der Waals surface area contributed by atoms with Crippen LogP contribution in [-0.4, -0.2) is 35.8 Å². The molecule has 38 heavy (non-hydrogen) atoms. The molecular weight excluding hydrogens is 500 g/mol. The number of nitrogens with zero attached hydrogens (tertiary/aromatic N) is 2. The molecule has 0 saturated carbocycles. The van der Waals surface area contributed by atoms with E-state index in [-0.39, 0.29) is 23.1 Å². The predicted molar refractivity (Wildman–Crippen MR) is 148 cm³/mol. The van der Waals surface area contributed by atoms with Crippen LogP contribution in [0.5, 0.6) is 11.5 Å². The number of fused-ring (bicyclic) bond motifs is 1. The van der Waals surface area contributed by atoms with Crippen LogP contribution in [0.4, 0.5) is 5.88 Å². The summed E-state index contributed by atoms with van der Waals surface area (Å²) >= 11 is 1.27. The van der Waals surface area contributed by atoms with Gasteiger partial charge in [-0.3, -0.25) is 10.1 Å². The van der Waals surface area contributed by atoms with Crippen LogP contribution in [0.1, 0.15) is 11.1 Å². The number of rotatable bonds is 8. The van der Waals surface area contributed by atoms with Crippen molar-refractivity contribution < 1.29 is 18.7 Å². The second kappa shape index (κ2) is 10.7. The van der Waals surface area contributed by atoms with Gasteiger partial charge < -0.3 is 18.9 Å². The average Bonchev–Trinajstić information content (AvgIpc) is 3.52. The minimum atomic E-state index is -0.320. The van der Waals surface area contributed by atoms with Gasteiger partial charge in [0.25, 0.3) is 0 Å². The highest BCUT2D eigenvalue weighted by Gasteiger charge is 2.24. The highest BCUT2D eigenvalue weighted by molar-refractivity contribution is 7.99. The van der Waals surface area contributed by atoms with Crippen molar-refractivity contribution >= 4 is 34.6 Å². The number of furan rings is 1. The number of ether oxygens (including phenoxy) is 2. The molecule has 2 aromatic heterocycles. The monoisotopic (exact) mass is 524 g/mol. The number of hydrogen-bond donors (Lipinski definition) is 2. The number of aromatic nitrogens is 2. The third-order valence-corrected chi connectivity index (χ3v) is 6.83. The lowest BCUT2D eigenvalue weighted by molar-refractivity contribution is -0.113. The predicted octanol–water partition coefficient (Wildman–Crippen LogP) is 6.42. The number of carbonyl (C=O) groups excluding carboxylic acids is 1. The highest BCUT2D eigenvalue weighted by atomic mass is 32.2. The Balaban J connectivity index is 1.44. The summed E-state index contributed by atoms with van der Waals surface area (Å²) in [5, 5.41) is 13.5. The van der Waals surface area contributed by atoms with E-state index in [1.165, 1.54) is 11.8 Å². The number of nitriles is 1. The Morgan fingerprint density at radius 2 is 1.68 bits per heavy atom. The molecule has 0 atom stereocenters. The van der Waals surface area contributed by atoms with Gasteiger partial charge >= 0.3 is 0 Å². The maximum absolute atomic E-state index is 12.9. The normalized spacial score (nSPS) is 10.8. The first-order chi connectivity index (χ1) is 18.5. The first-order valence-electron chi connectivity index (χ1n) is 11.7. The number of aryl methyl sites for hydroxylation is 1. The number of thioether (sulfide) groups is 1. The third kappa shape index (κ3) is 5.08. The van der Waals surface area contributed by atoms with Crippen LogP contribution in [0.25, 0.3) is 33.5 Å². The fourth-order valence-corrected chi connectivity index (χ4v) is 4.75. The molecule has 1 amide bonds. The van der Waals surface area contributed by atoms with Crippen molar-refractivity contribution in [3.8, 4) is 40.0 Å². The van der Waals surface area contributed by atoms with Crippen molar-refractivity contribution in [2.45, 2.75) is 12.1 Å². The van der Waals surface area contributed by atoms with Crippen LogP contribution >= 0.6 is 11.8 Å². The van der Waals surface area contributed by atoms with Crippen LogP contribution in [0.15, 0.2) is 76.3 Å². The Morgan fingerprint density at radius 1 is 1.03 bits per heavy atom. The maximum Gasteiger partial charge on any atom is 0.237 e. The minimum absolute atomic E-state index is 0.0834. The Morgan fingerprint density at radius 3 is 2.32 bits per heavy atom. The molecular formula is C29H24N4O4S. The summed E-state index contributed by atoms with van der Waals surface area (Å²) in [6, 6.07) is 22.8. The number of benzene rings is 3. The molecule has 0 bridgehead atoms. The molecule has 3 aromatic carbocycles. The SMILES string of the molecule is COc1ccc(-c2oc(NC(=O)CSc3nc4ccc(C)cc4[nH]3)c(C#N)c2-c2ccc(OC)cc2)cc1. The molecule has 0 saturated heterocycles. The molecule has 0 fully saturated rings. The Hall–Kier alpha value is -4.68. The van der Waals surface area contributed by atoms with Crippen molar-refractivity contribution in [2.24, 2.45) is 0 Å². The van der Waals surface area contributed by atoms with Crippen molar-refractivity contribution in [3.05, 3.63) is 77.9 Å². The summed E-state index contributed by atoms with van der Waals surface area (Å²) in [6.07, 6.45) is 0. The van der Waals surface area contributed by atoms with E-state index in [0.717, 1.165) is 27.7 Å². The molecule has 5 rings (SSSR count). The zero-order valence-electron chi connectivity index (χ0n) is 21.0. The molecule has 0 aliphatic rings. The molecule has 0 unspecified atom stereocenters. The van der Waals surface area contributed by atoms with Crippen molar-refractivity contribution in [1.29, 1.82) is 5.26 Å². The van der Waals surface area contributed by atoms with E-state index in [9.17, 15) is 10.1 Å². The van der Waals surface area contributed by atoms with Crippen LogP contribution in [0.2, 0.25) is 0 Å². The fraction of sp³-hybridized carbons (Fsp3) is 0.138. The van der Waals surface area contributed by atoms with Gasteiger partial charge in [-0.25, -0.2) is 4.98 Å².